The summed E-state index contributed by atoms with van der Waals surface area (Å²) < 4.78 is 57.8. The first-order valence-corrected chi connectivity index (χ1v) is 11.4. The van der Waals surface area contributed by atoms with Crippen molar-refractivity contribution in [2.45, 2.75) is 36.9 Å². The average Bonchev–Trinajstić information content (AvgIpc) is 2.97. The Kier molecular flexibility index (Phi) is 6.38. The van der Waals surface area contributed by atoms with Gasteiger partial charge in [-0.05, 0) is 23.8 Å². The maximum atomic E-state index is 14.3. The highest BCUT2D eigenvalue weighted by atomic mass is 35.5. The molecule has 174 valence electrons. The molecule has 2 aliphatic heterocycles. The van der Waals surface area contributed by atoms with E-state index in [1.165, 1.54) is 0 Å². The van der Waals surface area contributed by atoms with Crippen molar-refractivity contribution in [2.24, 2.45) is 0 Å². The van der Waals surface area contributed by atoms with Gasteiger partial charge in [0.1, 0.15) is 11.9 Å². The fourth-order valence-corrected chi connectivity index (χ4v) is 5.13. The molecule has 0 spiro atoms. The summed E-state index contributed by atoms with van der Waals surface area (Å²) >= 11 is 5.99. The van der Waals surface area contributed by atoms with E-state index in [1.807, 2.05) is 0 Å². The summed E-state index contributed by atoms with van der Waals surface area (Å²) in [5.41, 5.74) is -0.482. The highest BCUT2D eigenvalue weighted by molar-refractivity contribution is 7.55. The molecule has 0 aliphatic carbocycles. The van der Waals surface area contributed by atoms with Crippen LogP contribution >= 0.6 is 19.3 Å². The van der Waals surface area contributed by atoms with E-state index in [1.54, 1.807) is 24.3 Å². The van der Waals surface area contributed by atoms with Crippen LogP contribution in [0.2, 0.25) is 5.02 Å². The molecular weight excluding hydrogens is 475 g/mol. The van der Waals surface area contributed by atoms with Gasteiger partial charge in [-0.3, -0.25) is 18.7 Å². The zero-order valence-electron chi connectivity index (χ0n) is 16.3. The number of aromatic nitrogens is 2. The lowest BCUT2D eigenvalue weighted by Gasteiger charge is -2.30. The van der Waals surface area contributed by atoms with E-state index in [-0.39, 0.29) is 12.4 Å². The van der Waals surface area contributed by atoms with Crippen molar-refractivity contribution in [2.75, 3.05) is 18.3 Å². The maximum Gasteiger partial charge on any atom is 0.434 e. The van der Waals surface area contributed by atoms with Crippen LogP contribution in [0.3, 0.4) is 0 Å². The lowest BCUT2D eigenvalue weighted by Crippen LogP contribution is -2.41. The molecule has 1 aromatic heterocycles. The van der Waals surface area contributed by atoms with Crippen LogP contribution in [0.4, 0.5) is 14.6 Å². The minimum Gasteiger partial charge on any atom is -0.394 e. The van der Waals surface area contributed by atoms with Gasteiger partial charge in [0.25, 0.3) is 0 Å². The predicted molar refractivity (Wildman–Crippen MR) is 108 cm³/mol. The van der Waals surface area contributed by atoms with Crippen LogP contribution in [-0.4, -0.2) is 51.1 Å². The summed E-state index contributed by atoms with van der Waals surface area (Å²) in [5, 5.41) is 21.6. The van der Waals surface area contributed by atoms with Gasteiger partial charge >= 0.3 is 19.4 Å². The molecule has 3 heterocycles. The second-order valence-corrected chi connectivity index (χ2v) is 9.34. The van der Waals surface area contributed by atoms with E-state index in [0.29, 0.717) is 21.6 Å². The Hall–Kier alpha value is -1.92. The Labute approximate surface area is 185 Å². The third-order valence-corrected chi connectivity index (χ3v) is 6.81. The number of rotatable bonds is 5. The number of hydrogen-bond donors (Lipinski definition) is 3. The molecule has 32 heavy (non-hydrogen) atoms. The number of nitrogens with one attached hydrogen (secondary N) is 1. The van der Waals surface area contributed by atoms with Gasteiger partial charge in [-0.1, -0.05) is 23.7 Å². The highest BCUT2D eigenvalue weighted by Crippen LogP contribution is 2.55. The van der Waals surface area contributed by atoms with Crippen molar-refractivity contribution in [3.8, 4) is 0 Å². The SMILES string of the molecule is O=c1nc(N[P@]2(=O)OCC[C@@H](c3cccc(Cl)c3)O2)ccn1[C@@H]1O[C@H](CO)[C@H](O)C1(F)F. The van der Waals surface area contributed by atoms with Gasteiger partial charge in [0.2, 0.25) is 6.23 Å². The number of halogens is 3. The summed E-state index contributed by atoms with van der Waals surface area (Å²) in [5.74, 6) is -4.08. The molecule has 3 N–H and O–H groups in total. The van der Waals surface area contributed by atoms with Gasteiger partial charge < -0.3 is 14.9 Å². The molecule has 2 fully saturated rings. The van der Waals surface area contributed by atoms with Crippen LogP contribution in [0.1, 0.15) is 24.3 Å². The molecular formula is C18H19ClF2N3O7P. The van der Waals surface area contributed by atoms with E-state index in [4.69, 9.17) is 30.5 Å². The van der Waals surface area contributed by atoms with E-state index >= 15 is 0 Å². The first-order valence-electron chi connectivity index (χ1n) is 9.51. The van der Waals surface area contributed by atoms with E-state index in [2.05, 4.69) is 10.1 Å². The molecule has 0 unspecified atom stereocenters. The Balaban J connectivity index is 1.52. The summed E-state index contributed by atoms with van der Waals surface area (Å²) in [6, 6.07) is 7.92. The van der Waals surface area contributed by atoms with Crippen molar-refractivity contribution in [3.05, 3.63) is 57.6 Å². The van der Waals surface area contributed by atoms with E-state index in [9.17, 15) is 23.2 Å². The number of aliphatic hydroxyl groups excluding tert-OH is 2. The quantitative estimate of drug-likeness (QED) is 0.537. The molecule has 4 rings (SSSR count). The number of nitrogens with zero attached hydrogens (tertiary/aromatic N) is 2. The van der Waals surface area contributed by atoms with Gasteiger partial charge in [0.15, 0.2) is 6.10 Å². The second-order valence-electron chi connectivity index (χ2n) is 7.21. The number of benzene rings is 1. The minimum absolute atomic E-state index is 0.0844. The Morgan fingerprint density at radius 1 is 1.38 bits per heavy atom. The predicted octanol–water partition coefficient (Wildman–Crippen LogP) is 2.48. The second kappa shape index (κ2) is 8.79. The van der Waals surface area contributed by atoms with Crippen molar-refractivity contribution in [1.82, 2.24) is 9.55 Å². The topological polar surface area (TPSA) is 132 Å². The van der Waals surface area contributed by atoms with Crippen LogP contribution in [0.25, 0.3) is 0 Å². The van der Waals surface area contributed by atoms with Crippen molar-refractivity contribution < 1.29 is 37.3 Å². The fourth-order valence-electron chi connectivity index (χ4n) is 3.44. The van der Waals surface area contributed by atoms with Crippen LogP contribution < -0.4 is 10.8 Å². The molecule has 2 aromatic rings. The largest absolute Gasteiger partial charge is 0.434 e. The Morgan fingerprint density at radius 2 is 2.16 bits per heavy atom. The van der Waals surface area contributed by atoms with Crippen LogP contribution in [0.5, 0.6) is 0 Å². The van der Waals surface area contributed by atoms with Gasteiger partial charge in [-0.25, -0.2) is 9.36 Å². The molecule has 5 atom stereocenters. The maximum absolute atomic E-state index is 14.3. The average molecular weight is 494 g/mol. The number of aliphatic hydroxyl groups is 2. The van der Waals surface area contributed by atoms with Crippen molar-refractivity contribution in [3.63, 3.8) is 0 Å². The molecule has 2 saturated heterocycles. The van der Waals surface area contributed by atoms with Gasteiger partial charge in [-0.15, -0.1) is 0 Å². The monoisotopic (exact) mass is 493 g/mol. The van der Waals surface area contributed by atoms with Crippen molar-refractivity contribution >= 4 is 25.2 Å². The van der Waals surface area contributed by atoms with E-state index < -0.39 is 50.5 Å². The van der Waals surface area contributed by atoms with Gasteiger partial charge in [0.05, 0.1) is 19.3 Å². The Morgan fingerprint density at radius 3 is 2.81 bits per heavy atom. The summed E-state index contributed by atoms with van der Waals surface area (Å²) in [6.07, 6.45) is -5.29. The molecule has 0 amide bonds. The van der Waals surface area contributed by atoms with Gasteiger partial charge in [-0.2, -0.15) is 13.8 Å². The summed E-state index contributed by atoms with van der Waals surface area (Å²) in [4.78, 5) is 16.0. The molecule has 1 aromatic carbocycles. The van der Waals surface area contributed by atoms with Crippen LogP contribution in [0, 0.1) is 0 Å². The van der Waals surface area contributed by atoms with Crippen LogP contribution in [0.15, 0.2) is 41.3 Å². The molecule has 0 saturated carbocycles. The fraction of sp³-hybridized carbons (Fsp3) is 0.444. The first kappa shape index (κ1) is 23.2. The zero-order chi connectivity index (χ0) is 23.1. The molecule has 2 aliphatic rings. The number of alkyl halides is 2. The molecule has 14 heteroatoms. The van der Waals surface area contributed by atoms with Gasteiger partial charge in [0, 0.05) is 17.6 Å². The third kappa shape index (κ3) is 4.44. The molecule has 10 nitrogen and oxygen atoms in total. The lowest BCUT2D eigenvalue weighted by atomic mass is 10.1. The Bertz CT molecular complexity index is 1100. The molecule has 0 bridgehead atoms. The minimum atomic E-state index is -3.94. The lowest BCUT2D eigenvalue weighted by molar-refractivity contribution is -0.140. The van der Waals surface area contributed by atoms with Crippen LogP contribution in [-0.2, 0) is 18.3 Å². The smallest absolute Gasteiger partial charge is 0.394 e. The number of hydrogen-bond acceptors (Lipinski definition) is 8. The standard InChI is InChI=1S/C18H19ClF2N3O7P/c19-11-3-1-2-10(8-11)12-5-7-29-32(28,31-12)23-14-4-6-24(17(27)22-14)16-18(20,21)15(26)13(9-25)30-16/h1-4,6,8,12-13,15-16,25-26H,5,7,9H2,(H,22,23,27,28)/t12-,13+,15-,16+,32-/m0/s1. The summed E-state index contributed by atoms with van der Waals surface area (Å²) in [7, 11) is -3.94. The normalized spacial score (nSPS) is 32.0. The highest BCUT2D eigenvalue weighted by Gasteiger charge is 2.59. The van der Waals surface area contributed by atoms with Crippen molar-refractivity contribution in [1.29, 1.82) is 0 Å². The number of anilines is 1. The zero-order valence-corrected chi connectivity index (χ0v) is 18.0. The molecule has 0 radical (unpaired) electrons. The summed E-state index contributed by atoms with van der Waals surface area (Å²) in [6.45, 7) is -0.776. The first-order chi connectivity index (χ1) is 15.1. The third-order valence-electron chi connectivity index (χ3n) is 5.02. The van der Waals surface area contributed by atoms with E-state index in [0.717, 1.165) is 12.3 Å². The number of ether oxygens (including phenoxy) is 1.